The third-order valence-electron chi connectivity index (χ3n) is 4.29. The smallest absolute Gasteiger partial charge is 0.316 e. The van der Waals surface area contributed by atoms with Crippen LogP contribution in [0, 0.1) is 5.92 Å². The molecule has 0 aromatic carbocycles. The highest BCUT2D eigenvalue weighted by Gasteiger charge is 2.28. The highest BCUT2D eigenvalue weighted by atomic mass is 32.2. The SMILES string of the molecule is COC(=O)C1CCN(C(=O)COC(=O)CSc2ncnc3sccc23)CC1. The van der Waals surface area contributed by atoms with Gasteiger partial charge in [0.2, 0.25) is 0 Å². The molecular weight excluding hydrogens is 390 g/mol. The van der Waals surface area contributed by atoms with Crippen LogP contribution in [0.25, 0.3) is 10.2 Å². The largest absolute Gasteiger partial charge is 0.469 e. The van der Waals surface area contributed by atoms with E-state index in [1.54, 1.807) is 4.90 Å². The molecule has 0 atom stereocenters. The Labute approximate surface area is 164 Å². The monoisotopic (exact) mass is 409 g/mol. The predicted molar refractivity (Wildman–Crippen MR) is 100 cm³/mol. The lowest BCUT2D eigenvalue weighted by atomic mass is 9.97. The fourth-order valence-corrected chi connectivity index (χ4v) is 4.39. The molecule has 144 valence electrons. The molecule has 1 saturated heterocycles. The van der Waals surface area contributed by atoms with Crippen molar-refractivity contribution in [3.63, 3.8) is 0 Å². The minimum absolute atomic E-state index is 0.0691. The molecule has 2 aromatic heterocycles. The quantitative estimate of drug-likeness (QED) is 0.404. The van der Waals surface area contributed by atoms with Crippen molar-refractivity contribution in [2.45, 2.75) is 17.9 Å². The molecule has 3 rings (SSSR count). The molecule has 8 nitrogen and oxygen atoms in total. The topological polar surface area (TPSA) is 98.7 Å². The second kappa shape index (κ2) is 9.14. The molecule has 0 bridgehead atoms. The van der Waals surface area contributed by atoms with Crippen molar-refractivity contribution < 1.29 is 23.9 Å². The molecule has 0 unspecified atom stereocenters. The van der Waals surface area contributed by atoms with Crippen molar-refractivity contribution >= 4 is 51.2 Å². The van der Waals surface area contributed by atoms with Crippen molar-refractivity contribution in [3.8, 4) is 0 Å². The van der Waals surface area contributed by atoms with Crippen LogP contribution in [0.2, 0.25) is 0 Å². The Morgan fingerprint density at radius 2 is 2.07 bits per heavy atom. The number of carbonyl (C=O) groups excluding carboxylic acids is 3. The molecule has 27 heavy (non-hydrogen) atoms. The molecule has 1 fully saturated rings. The van der Waals surface area contributed by atoms with Crippen LogP contribution in [-0.4, -0.2) is 65.3 Å². The van der Waals surface area contributed by atoms with Gasteiger partial charge in [0.05, 0.1) is 18.8 Å². The molecule has 0 saturated carbocycles. The Kier molecular flexibility index (Phi) is 6.62. The van der Waals surface area contributed by atoms with Crippen LogP contribution in [0.1, 0.15) is 12.8 Å². The number of esters is 2. The van der Waals surface area contributed by atoms with Gasteiger partial charge in [-0.05, 0) is 24.3 Å². The van der Waals surface area contributed by atoms with Crippen molar-refractivity contribution in [2.24, 2.45) is 5.92 Å². The number of carbonyl (C=O) groups is 3. The Morgan fingerprint density at radius 3 is 2.81 bits per heavy atom. The zero-order chi connectivity index (χ0) is 19.2. The summed E-state index contributed by atoms with van der Waals surface area (Å²) < 4.78 is 9.81. The van der Waals surface area contributed by atoms with Gasteiger partial charge in [-0.1, -0.05) is 11.8 Å². The lowest BCUT2D eigenvalue weighted by molar-refractivity contribution is -0.152. The van der Waals surface area contributed by atoms with Crippen LogP contribution in [0.4, 0.5) is 0 Å². The zero-order valence-electron chi connectivity index (χ0n) is 14.8. The van der Waals surface area contributed by atoms with E-state index in [1.165, 1.54) is 36.5 Å². The van der Waals surface area contributed by atoms with E-state index in [0.717, 1.165) is 15.2 Å². The van der Waals surface area contributed by atoms with Gasteiger partial charge in [0.25, 0.3) is 5.91 Å². The second-order valence-electron chi connectivity index (χ2n) is 5.95. The number of likely N-dealkylation sites (tertiary alicyclic amines) is 1. The highest BCUT2D eigenvalue weighted by Crippen LogP contribution is 2.27. The number of thioether (sulfide) groups is 1. The van der Waals surface area contributed by atoms with Gasteiger partial charge in [0, 0.05) is 18.5 Å². The van der Waals surface area contributed by atoms with Crippen LogP contribution in [-0.2, 0) is 23.9 Å². The maximum Gasteiger partial charge on any atom is 0.316 e. The molecule has 0 aliphatic carbocycles. The molecule has 2 aromatic rings. The molecule has 0 N–H and O–H groups in total. The number of nitrogens with zero attached hydrogens (tertiary/aromatic N) is 3. The van der Waals surface area contributed by atoms with Gasteiger partial charge in [-0.3, -0.25) is 14.4 Å². The van der Waals surface area contributed by atoms with Gasteiger partial charge in [0.15, 0.2) is 6.61 Å². The first kappa shape index (κ1) is 19.6. The van der Waals surface area contributed by atoms with Crippen molar-refractivity contribution in [1.29, 1.82) is 0 Å². The Morgan fingerprint density at radius 1 is 1.30 bits per heavy atom. The van der Waals surface area contributed by atoms with E-state index in [4.69, 9.17) is 9.47 Å². The first-order chi connectivity index (χ1) is 13.1. The standard InChI is InChI=1S/C17H19N3O5S2/c1-24-17(23)11-2-5-20(6-3-11)13(21)8-25-14(22)9-27-16-12-4-7-26-15(12)18-10-19-16/h4,7,10-11H,2-3,5-6,8-9H2,1H3. The van der Waals surface area contributed by atoms with Gasteiger partial charge in [0.1, 0.15) is 16.2 Å². The Hall–Kier alpha value is -2.20. The fourth-order valence-electron chi connectivity index (χ4n) is 2.82. The third kappa shape index (κ3) is 4.95. The number of fused-ring (bicyclic) bond motifs is 1. The molecule has 10 heteroatoms. The first-order valence-electron chi connectivity index (χ1n) is 8.40. The molecule has 1 amide bonds. The molecule has 1 aliphatic heterocycles. The van der Waals surface area contributed by atoms with Gasteiger partial charge in [-0.15, -0.1) is 11.3 Å². The Balaban J connectivity index is 1.41. The van der Waals surface area contributed by atoms with Gasteiger partial charge in [-0.25, -0.2) is 9.97 Å². The Bertz CT molecular complexity index is 833. The van der Waals surface area contributed by atoms with E-state index in [2.05, 4.69) is 9.97 Å². The highest BCUT2D eigenvalue weighted by molar-refractivity contribution is 8.00. The van der Waals surface area contributed by atoms with E-state index < -0.39 is 5.97 Å². The average molecular weight is 409 g/mol. The first-order valence-corrected chi connectivity index (χ1v) is 10.3. The number of thiophene rings is 1. The minimum Gasteiger partial charge on any atom is -0.469 e. The summed E-state index contributed by atoms with van der Waals surface area (Å²) >= 11 is 2.77. The van der Waals surface area contributed by atoms with Crippen molar-refractivity contribution in [2.75, 3.05) is 32.6 Å². The van der Waals surface area contributed by atoms with E-state index in [-0.39, 0.29) is 30.2 Å². The fraction of sp³-hybridized carbons (Fsp3) is 0.471. The lowest BCUT2D eigenvalue weighted by Crippen LogP contribution is -2.42. The van der Waals surface area contributed by atoms with Crippen molar-refractivity contribution in [3.05, 3.63) is 17.8 Å². The number of aromatic nitrogens is 2. The van der Waals surface area contributed by atoms with Crippen LogP contribution in [0.3, 0.4) is 0 Å². The summed E-state index contributed by atoms with van der Waals surface area (Å²) in [5.74, 6) is -1.06. The maximum absolute atomic E-state index is 12.2. The van der Waals surface area contributed by atoms with Gasteiger partial charge in [-0.2, -0.15) is 0 Å². The van der Waals surface area contributed by atoms with Gasteiger partial charge >= 0.3 is 11.9 Å². The summed E-state index contributed by atoms with van der Waals surface area (Å²) in [7, 11) is 1.36. The molecule has 3 heterocycles. The minimum atomic E-state index is -0.472. The summed E-state index contributed by atoms with van der Waals surface area (Å²) in [5.41, 5.74) is 0. The maximum atomic E-state index is 12.2. The van der Waals surface area contributed by atoms with Gasteiger partial charge < -0.3 is 14.4 Å². The number of methoxy groups -OCH3 is 1. The number of piperidine rings is 1. The molecule has 0 radical (unpaired) electrons. The normalized spacial score (nSPS) is 14.9. The molecule has 1 aliphatic rings. The molecule has 0 spiro atoms. The predicted octanol–water partition coefficient (Wildman–Crippen LogP) is 1.74. The lowest BCUT2D eigenvalue weighted by Gasteiger charge is -2.30. The summed E-state index contributed by atoms with van der Waals surface area (Å²) in [6, 6.07) is 1.91. The number of ether oxygens (including phenoxy) is 2. The number of hydrogen-bond acceptors (Lipinski definition) is 9. The summed E-state index contributed by atoms with van der Waals surface area (Å²) in [4.78, 5) is 46.4. The van der Waals surface area contributed by atoms with Crippen LogP contribution >= 0.6 is 23.1 Å². The number of amides is 1. The average Bonchev–Trinajstić information content (AvgIpc) is 3.19. The van der Waals surface area contributed by atoms with Crippen LogP contribution in [0.5, 0.6) is 0 Å². The van der Waals surface area contributed by atoms with Crippen molar-refractivity contribution in [1.82, 2.24) is 14.9 Å². The van der Waals surface area contributed by atoms with E-state index in [0.29, 0.717) is 25.9 Å². The second-order valence-corrected chi connectivity index (χ2v) is 7.80. The molecular formula is C17H19N3O5S2. The van der Waals surface area contributed by atoms with E-state index >= 15 is 0 Å². The van der Waals surface area contributed by atoms with E-state index in [9.17, 15) is 14.4 Å². The summed E-state index contributed by atoms with van der Waals surface area (Å²) in [6.45, 7) is 0.629. The van der Waals surface area contributed by atoms with Crippen LogP contribution in [0.15, 0.2) is 22.8 Å². The number of rotatable bonds is 6. The number of hydrogen-bond donors (Lipinski definition) is 0. The summed E-state index contributed by atoms with van der Waals surface area (Å²) in [6.07, 6.45) is 2.59. The summed E-state index contributed by atoms with van der Waals surface area (Å²) in [5, 5.41) is 3.54. The van der Waals surface area contributed by atoms with E-state index in [1.807, 2.05) is 11.4 Å². The van der Waals surface area contributed by atoms with Crippen LogP contribution < -0.4 is 0 Å². The third-order valence-corrected chi connectivity index (χ3v) is 6.09. The zero-order valence-corrected chi connectivity index (χ0v) is 16.4.